The molecule has 3 rings (SSSR count). The molecule has 1 saturated heterocycles. The van der Waals surface area contributed by atoms with Crippen LogP contribution in [0.1, 0.15) is 24.7 Å². The van der Waals surface area contributed by atoms with E-state index in [-0.39, 0.29) is 5.92 Å². The van der Waals surface area contributed by atoms with Crippen molar-refractivity contribution in [3.8, 4) is 11.4 Å². The van der Waals surface area contributed by atoms with E-state index >= 15 is 0 Å². The highest BCUT2D eigenvalue weighted by molar-refractivity contribution is 5.52. The molecule has 94 valence electrons. The summed E-state index contributed by atoms with van der Waals surface area (Å²) in [5.74, 6) is 0.851. The summed E-state index contributed by atoms with van der Waals surface area (Å²) in [5, 5.41) is 7.17. The van der Waals surface area contributed by atoms with Crippen LogP contribution in [0.5, 0.6) is 0 Å². The van der Waals surface area contributed by atoms with Crippen LogP contribution in [0.15, 0.2) is 23.0 Å². The first-order chi connectivity index (χ1) is 8.83. The Balaban J connectivity index is 1.84. The van der Waals surface area contributed by atoms with Crippen LogP contribution in [0, 0.1) is 5.82 Å². The first-order valence-electron chi connectivity index (χ1n) is 5.98. The van der Waals surface area contributed by atoms with Crippen LogP contribution < -0.4 is 5.32 Å². The van der Waals surface area contributed by atoms with Crippen molar-refractivity contribution in [2.24, 2.45) is 0 Å². The van der Waals surface area contributed by atoms with Crippen molar-refractivity contribution in [3.63, 3.8) is 0 Å². The third-order valence-corrected chi connectivity index (χ3v) is 3.05. The second-order valence-electron chi connectivity index (χ2n) is 4.39. The van der Waals surface area contributed by atoms with E-state index in [9.17, 15) is 4.39 Å². The second-order valence-corrected chi connectivity index (χ2v) is 4.39. The van der Waals surface area contributed by atoms with Crippen LogP contribution >= 0.6 is 0 Å². The van der Waals surface area contributed by atoms with Gasteiger partial charge in [0.1, 0.15) is 5.82 Å². The van der Waals surface area contributed by atoms with Gasteiger partial charge in [0.25, 0.3) is 0 Å². The number of aromatic nitrogens is 3. The molecule has 0 saturated carbocycles. The van der Waals surface area contributed by atoms with E-state index in [2.05, 4.69) is 20.4 Å². The summed E-state index contributed by atoms with van der Waals surface area (Å²) in [6, 6.07) is 1.35. The molecule has 1 fully saturated rings. The predicted molar refractivity (Wildman–Crippen MR) is 62.3 cm³/mol. The zero-order valence-electron chi connectivity index (χ0n) is 9.77. The van der Waals surface area contributed by atoms with Gasteiger partial charge in [-0.3, -0.25) is 4.98 Å². The number of hydrogen-bond donors (Lipinski definition) is 1. The molecule has 1 aliphatic rings. The van der Waals surface area contributed by atoms with Crippen molar-refractivity contribution in [2.45, 2.75) is 18.8 Å². The number of rotatable bonds is 2. The molecule has 0 aromatic carbocycles. The molecule has 3 heterocycles. The van der Waals surface area contributed by atoms with Crippen LogP contribution in [0.25, 0.3) is 11.4 Å². The molecule has 0 amide bonds. The maximum atomic E-state index is 13.1. The molecular weight excluding hydrogens is 235 g/mol. The zero-order valence-corrected chi connectivity index (χ0v) is 9.77. The topological polar surface area (TPSA) is 63.8 Å². The van der Waals surface area contributed by atoms with Crippen molar-refractivity contribution in [1.82, 2.24) is 20.4 Å². The summed E-state index contributed by atoms with van der Waals surface area (Å²) in [4.78, 5) is 8.09. The Hall–Kier alpha value is -1.82. The van der Waals surface area contributed by atoms with E-state index in [4.69, 9.17) is 4.52 Å². The molecule has 0 bridgehead atoms. The molecule has 2 aromatic rings. The van der Waals surface area contributed by atoms with E-state index in [1.165, 1.54) is 12.3 Å². The van der Waals surface area contributed by atoms with Gasteiger partial charge in [-0.2, -0.15) is 4.98 Å². The Morgan fingerprint density at radius 2 is 2.33 bits per heavy atom. The smallest absolute Gasteiger partial charge is 0.231 e. The number of pyridine rings is 1. The minimum atomic E-state index is -0.404. The fraction of sp³-hybridized carbons (Fsp3) is 0.417. The molecule has 18 heavy (non-hydrogen) atoms. The van der Waals surface area contributed by atoms with Crippen LogP contribution in [0.3, 0.4) is 0 Å². The summed E-state index contributed by atoms with van der Waals surface area (Å²) < 4.78 is 18.3. The molecule has 0 radical (unpaired) electrons. The van der Waals surface area contributed by atoms with Gasteiger partial charge < -0.3 is 9.84 Å². The lowest BCUT2D eigenvalue weighted by atomic mass is 10.00. The fourth-order valence-corrected chi connectivity index (χ4v) is 2.12. The predicted octanol–water partition coefficient (Wildman–Crippen LogP) is 1.74. The van der Waals surface area contributed by atoms with Gasteiger partial charge in [-0.25, -0.2) is 4.39 Å². The molecule has 2 aromatic heterocycles. The maximum absolute atomic E-state index is 13.1. The second kappa shape index (κ2) is 4.81. The summed E-state index contributed by atoms with van der Waals surface area (Å²) in [6.45, 7) is 1.88. The molecule has 1 aliphatic heterocycles. The van der Waals surface area contributed by atoms with Gasteiger partial charge >= 0.3 is 0 Å². The summed E-state index contributed by atoms with van der Waals surface area (Å²) in [6.07, 6.45) is 4.81. The van der Waals surface area contributed by atoms with Gasteiger partial charge in [-0.1, -0.05) is 5.16 Å². The molecule has 0 spiro atoms. The zero-order chi connectivity index (χ0) is 12.4. The highest BCUT2D eigenvalue weighted by atomic mass is 19.1. The molecule has 1 N–H and O–H groups in total. The fourth-order valence-electron chi connectivity index (χ4n) is 2.12. The molecule has 1 atom stereocenters. The average molecular weight is 248 g/mol. The Kier molecular flexibility index (Phi) is 3.02. The van der Waals surface area contributed by atoms with Gasteiger partial charge in [0.05, 0.1) is 12.1 Å². The SMILES string of the molecule is Fc1cncc(-c2noc([C@H]3CCCNC3)n2)c1. The lowest BCUT2D eigenvalue weighted by Gasteiger charge is -2.18. The lowest BCUT2D eigenvalue weighted by molar-refractivity contribution is 0.322. The first-order valence-corrected chi connectivity index (χ1v) is 5.98. The van der Waals surface area contributed by atoms with Gasteiger partial charge in [-0.05, 0) is 25.5 Å². The normalized spacial score (nSPS) is 19.9. The van der Waals surface area contributed by atoms with E-state index < -0.39 is 5.82 Å². The third kappa shape index (κ3) is 2.24. The minimum Gasteiger partial charge on any atom is -0.339 e. The summed E-state index contributed by atoms with van der Waals surface area (Å²) in [7, 11) is 0. The minimum absolute atomic E-state index is 0.251. The van der Waals surface area contributed by atoms with Gasteiger partial charge in [0, 0.05) is 18.3 Å². The van der Waals surface area contributed by atoms with Crippen molar-refractivity contribution < 1.29 is 8.91 Å². The Morgan fingerprint density at radius 3 is 3.11 bits per heavy atom. The molecule has 6 heteroatoms. The lowest BCUT2D eigenvalue weighted by Crippen LogP contribution is -2.28. The molecular formula is C12H13FN4O. The van der Waals surface area contributed by atoms with Crippen molar-refractivity contribution in [2.75, 3.05) is 13.1 Å². The van der Waals surface area contributed by atoms with Crippen molar-refractivity contribution in [1.29, 1.82) is 0 Å². The first kappa shape index (κ1) is 11.3. The van der Waals surface area contributed by atoms with Gasteiger partial charge in [-0.15, -0.1) is 0 Å². The number of nitrogens with one attached hydrogen (secondary N) is 1. The molecule has 0 unspecified atom stereocenters. The van der Waals surface area contributed by atoms with Crippen LogP contribution in [0.4, 0.5) is 4.39 Å². The number of halogens is 1. The van der Waals surface area contributed by atoms with Crippen molar-refractivity contribution >= 4 is 0 Å². The largest absolute Gasteiger partial charge is 0.339 e. The van der Waals surface area contributed by atoms with Crippen LogP contribution in [-0.4, -0.2) is 28.2 Å². The summed E-state index contributed by atoms with van der Waals surface area (Å²) in [5.41, 5.74) is 0.536. The standard InChI is InChI=1S/C12H13FN4O/c13-10-4-9(6-15-7-10)11-16-12(18-17-11)8-2-1-3-14-5-8/h4,6-8,14H,1-3,5H2/t8-/m0/s1. The number of nitrogens with zero attached hydrogens (tertiary/aromatic N) is 3. The molecule has 5 nitrogen and oxygen atoms in total. The Labute approximate surface area is 103 Å². The third-order valence-electron chi connectivity index (χ3n) is 3.05. The van der Waals surface area contributed by atoms with Gasteiger partial charge in [0.15, 0.2) is 0 Å². The highest BCUT2D eigenvalue weighted by Crippen LogP contribution is 2.24. The summed E-state index contributed by atoms with van der Waals surface area (Å²) >= 11 is 0. The number of hydrogen-bond acceptors (Lipinski definition) is 5. The average Bonchev–Trinajstić information content (AvgIpc) is 2.89. The molecule has 0 aliphatic carbocycles. The van der Waals surface area contributed by atoms with E-state index in [1.807, 2.05) is 0 Å². The van der Waals surface area contributed by atoms with E-state index in [1.54, 1.807) is 0 Å². The van der Waals surface area contributed by atoms with E-state index in [0.29, 0.717) is 17.3 Å². The van der Waals surface area contributed by atoms with E-state index in [0.717, 1.165) is 32.1 Å². The Morgan fingerprint density at radius 1 is 1.39 bits per heavy atom. The monoisotopic (exact) mass is 248 g/mol. The highest BCUT2D eigenvalue weighted by Gasteiger charge is 2.21. The van der Waals surface area contributed by atoms with Crippen molar-refractivity contribution in [3.05, 3.63) is 30.2 Å². The van der Waals surface area contributed by atoms with Crippen LogP contribution in [0.2, 0.25) is 0 Å². The Bertz CT molecular complexity index is 536. The number of piperidine rings is 1. The van der Waals surface area contributed by atoms with Crippen LogP contribution in [-0.2, 0) is 0 Å². The van der Waals surface area contributed by atoms with Gasteiger partial charge in [0.2, 0.25) is 11.7 Å². The maximum Gasteiger partial charge on any atom is 0.231 e. The quantitative estimate of drug-likeness (QED) is 0.877.